The van der Waals surface area contributed by atoms with Gasteiger partial charge in [-0.2, -0.15) is 5.10 Å². The van der Waals surface area contributed by atoms with Crippen LogP contribution in [-0.4, -0.2) is 32.1 Å². The molecule has 1 unspecified atom stereocenters. The lowest BCUT2D eigenvalue weighted by Crippen LogP contribution is -2.26. The molecule has 1 aliphatic heterocycles. The third kappa shape index (κ3) is 4.41. The quantitative estimate of drug-likeness (QED) is 0.679. The number of halogens is 1. The number of aryl methyl sites for hydroxylation is 2. The highest BCUT2D eigenvalue weighted by Gasteiger charge is 2.28. The molecule has 2 aromatic heterocycles. The lowest BCUT2D eigenvalue weighted by molar-refractivity contribution is 0.0949. The average molecular weight is 407 g/mol. The summed E-state index contributed by atoms with van der Waals surface area (Å²) in [6, 6.07) is 12.2. The van der Waals surface area contributed by atoms with E-state index in [1.807, 2.05) is 43.0 Å². The van der Waals surface area contributed by atoms with Crippen LogP contribution < -0.4 is 5.32 Å². The molecule has 0 radical (unpaired) electrons. The molecule has 156 valence electrons. The van der Waals surface area contributed by atoms with Crippen LogP contribution in [-0.2, 0) is 20.1 Å². The summed E-state index contributed by atoms with van der Waals surface area (Å²) in [4.78, 5) is 19.8. The van der Waals surface area contributed by atoms with Crippen LogP contribution >= 0.6 is 0 Å². The summed E-state index contributed by atoms with van der Waals surface area (Å²) in [5, 5.41) is 7.14. The molecule has 1 aromatic carbocycles. The van der Waals surface area contributed by atoms with Gasteiger partial charge in [-0.1, -0.05) is 12.1 Å². The van der Waals surface area contributed by atoms with Crippen molar-refractivity contribution in [3.05, 3.63) is 82.7 Å². The number of nitrogens with one attached hydrogen (secondary N) is 1. The van der Waals surface area contributed by atoms with Crippen molar-refractivity contribution in [2.75, 3.05) is 6.54 Å². The number of rotatable bonds is 6. The van der Waals surface area contributed by atoms with E-state index in [0.29, 0.717) is 12.1 Å². The Labute approximate surface area is 175 Å². The third-order valence-corrected chi connectivity index (χ3v) is 5.71. The lowest BCUT2D eigenvalue weighted by atomic mass is 10.1. The number of hydrogen-bond donors (Lipinski definition) is 1. The standard InChI is InChI=1S/C23H26FN5O/c1-16-20(23(30)25-14-17-5-7-18(24)8-6-17)9-10-21(27-16)22-4-3-13-29(22)15-19-11-12-26-28(19)2/h5-12,22H,3-4,13-15H2,1-2H3,(H,25,30). The molecule has 4 rings (SSSR count). The van der Waals surface area contributed by atoms with Crippen molar-refractivity contribution < 1.29 is 9.18 Å². The molecule has 1 amide bonds. The van der Waals surface area contributed by atoms with Crippen LogP contribution in [0.15, 0.2) is 48.7 Å². The van der Waals surface area contributed by atoms with Crippen LogP contribution in [0, 0.1) is 12.7 Å². The van der Waals surface area contributed by atoms with Gasteiger partial charge in [-0.25, -0.2) is 4.39 Å². The summed E-state index contributed by atoms with van der Waals surface area (Å²) in [5.74, 6) is -0.459. The summed E-state index contributed by atoms with van der Waals surface area (Å²) < 4.78 is 14.9. The van der Waals surface area contributed by atoms with E-state index in [0.717, 1.165) is 42.9 Å². The lowest BCUT2D eigenvalue weighted by Gasteiger charge is -2.24. The molecular formula is C23H26FN5O. The Morgan fingerprint density at radius 2 is 2.00 bits per heavy atom. The summed E-state index contributed by atoms with van der Waals surface area (Å²) in [5.41, 5.74) is 4.31. The number of benzene rings is 1. The van der Waals surface area contributed by atoms with Crippen molar-refractivity contribution >= 4 is 5.91 Å². The Bertz CT molecular complexity index is 1030. The van der Waals surface area contributed by atoms with E-state index in [4.69, 9.17) is 4.98 Å². The molecule has 0 bridgehead atoms. The number of nitrogens with zero attached hydrogens (tertiary/aromatic N) is 4. The first-order valence-corrected chi connectivity index (χ1v) is 10.2. The predicted molar refractivity (Wildman–Crippen MR) is 112 cm³/mol. The molecule has 3 heterocycles. The smallest absolute Gasteiger partial charge is 0.253 e. The molecule has 7 heteroatoms. The first-order chi connectivity index (χ1) is 14.5. The minimum atomic E-state index is -0.287. The Balaban J connectivity index is 1.43. The van der Waals surface area contributed by atoms with Crippen LogP contribution in [0.25, 0.3) is 0 Å². The highest BCUT2D eigenvalue weighted by molar-refractivity contribution is 5.95. The molecule has 1 N–H and O–H groups in total. The zero-order valence-corrected chi connectivity index (χ0v) is 17.3. The second-order valence-electron chi connectivity index (χ2n) is 7.75. The van der Waals surface area contributed by atoms with E-state index in [-0.39, 0.29) is 17.8 Å². The molecule has 0 aliphatic carbocycles. The number of hydrogen-bond acceptors (Lipinski definition) is 4. The topological polar surface area (TPSA) is 63.1 Å². The molecule has 1 fully saturated rings. The SMILES string of the molecule is Cc1nc(C2CCCN2Cc2ccnn2C)ccc1C(=O)NCc1ccc(F)cc1. The maximum atomic E-state index is 13.0. The van der Waals surface area contributed by atoms with Gasteiger partial charge in [0.25, 0.3) is 5.91 Å². The zero-order valence-electron chi connectivity index (χ0n) is 17.3. The molecular weight excluding hydrogens is 381 g/mol. The van der Waals surface area contributed by atoms with E-state index < -0.39 is 0 Å². The Morgan fingerprint density at radius 3 is 2.70 bits per heavy atom. The van der Waals surface area contributed by atoms with Crippen LogP contribution in [0.1, 0.15) is 51.9 Å². The van der Waals surface area contributed by atoms with Gasteiger partial charge in [0.1, 0.15) is 5.82 Å². The largest absolute Gasteiger partial charge is 0.348 e. The number of aromatic nitrogens is 3. The summed E-state index contributed by atoms with van der Waals surface area (Å²) in [6.07, 6.45) is 4.01. The van der Waals surface area contributed by atoms with Crippen molar-refractivity contribution in [1.82, 2.24) is 25.0 Å². The first-order valence-electron chi connectivity index (χ1n) is 10.2. The van der Waals surface area contributed by atoms with E-state index in [1.165, 1.54) is 17.8 Å². The van der Waals surface area contributed by atoms with Gasteiger partial charge in [-0.3, -0.25) is 19.4 Å². The highest BCUT2D eigenvalue weighted by Crippen LogP contribution is 2.32. The molecule has 1 aliphatic rings. The van der Waals surface area contributed by atoms with Gasteiger partial charge in [0, 0.05) is 26.3 Å². The maximum absolute atomic E-state index is 13.0. The van der Waals surface area contributed by atoms with E-state index in [9.17, 15) is 9.18 Å². The fraction of sp³-hybridized carbons (Fsp3) is 0.348. The van der Waals surface area contributed by atoms with Crippen molar-refractivity contribution in [3.63, 3.8) is 0 Å². The van der Waals surface area contributed by atoms with E-state index in [1.54, 1.807) is 12.1 Å². The van der Waals surface area contributed by atoms with Gasteiger partial charge in [-0.15, -0.1) is 0 Å². The van der Waals surface area contributed by atoms with Crippen LogP contribution in [0.3, 0.4) is 0 Å². The molecule has 1 saturated heterocycles. The summed E-state index contributed by atoms with van der Waals surface area (Å²) >= 11 is 0. The maximum Gasteiger partial charge on any atom is 0.253 e. The Morgan fingerprint density at radius 1 is 1.20 bits per heavy atom. The van der Waals surface area contributed by atoms with Gasteiger partial charge in [0.15, 0.2) is 0 Å². The second-order valence-corrected chi connectivity index (χ2v) is 7.75. The number of amides is 1. The van der Waals surface area contributed by atoms with Gasteiger partial charge in [-0.05, 0) is 62.2 Å². The van der Waals surface area contributed by atoms with E-state index >= 15 is 0 Å². The van der Waals surface area contributed by atoms with Gasteiger partial charge < -0.3 is 5.32 Å². The van der Waals surface area contributed by atoms with Gasteiger partial charge >= 0.3 is 0 Å². The first kappa shape index (κ1) is 20.2. The number of likely N-dealkylation sites (tertiary alicyclic amines) is 1. The van der Waals surface area contributed by atoms with Gasteiger partial charge in [0.2, 0.25) is 0 Å². The fourth-order valence-electron chi connectivity index (χ4n) is 4.00. The van der Waals surface area contributed by atoms with Crippen LogP contribution in [0.5, 0.6) is 0 Å². The molecule has 0 saturated carbocycles. The number of carbonyl (C=O) groups is 1. The van der Waals surface area contributed by atoms with Crippen molar-refractivity contribution in [2.45, 2.75) is 38.9 Å². The van der Waals surface area contributed by atoms with Crippen LogP contribution in [0.4, 0.5) is 4.39 Å². The summed E-state index contributed by atoms with van der Waals surface area (Å²) in [7, 11) is 1.96. The highest BCUT2D eigenvalue weighted by atomic mass is 19.1. The Hall–Kier alpha value is -3.06. The van der Waals surface area contributed by atoms with E-state index in [2.05, 4.69) is 15.3 Å². The molecule has 6 nitrogen and oxygen atoms in total. The average Bonchev–Trinajstić information content (AvgIpc) is 3.36. The number of carbonyl (C=O) groups excluding carboxylic acids is 1. The summed E-state index contributed by atoms with van der Waals surface area (Å²) in [6.45, 7) is 4.08. The number of pyridine rings is 1. The Kier molecular flexibility index (Phi) is 5.90. The fourth-order valence-corrected chi connectivity index (χ4v) is 4.00. The minimum Gasteiger partial charge on any atom is -0.348 e. The molecule has 3 aromatic rings. The monoisotopic (exact) mass is 407 g/mol. The molecule has 1 atom stereocenters. The molecule has 30 heavy (non-hydrogen) atoms. The molecule has 0 spiro atoms. The van der Waals surface area contributed by atoms with Crippen molar-refractivity contribution in [1.29, 1.82) is 0 Å². The third-order valence-electron chi connectivity index (χ3n) is 5.71. The minimum absolute atomic E-state index is 0.172. The van der Waals surface area contributed by atoms with Crippen molar-refractivity contribution in [2.24, 2.45) is 7.05 Å². The predicted octanol–water partition coefficient (Wildman–Crippen LogP) is 3.53. The zero-order chi connectivity index (χ0) is 21.1. The van der Waals surface area contributed by atoms with Crippen molar-refractivity contribution in [3.8, 4) is 0 Å². The van der Waals surface area contributed by atoms with Crippen LogP contribution in [0.2, 0.25) is 0 Å². The normalized spacial score (nSPS) is 16.7. The second kappa shape index (κ2) is 8.75. The van der Waals surface area contributed by atoms with Gasteiger partial charge in [0.05, 0.1) is 28.7 Å².